The Labute approximate surface area is 120 Å². The maximum absolute atomic E-state index is 13.6. The van der Waals surface area contributed by atoms with Crippen LogP contribution in [0.25, 0.3) is 0 Å². The van der Waals surface area contributed by atoms with E-state index < -0.39 is 26.8 Å². The average Bonchev–Trinajstić information content (AvgIpc) is 2.80. The number of hydrogen-bond acceptors (Lipinski definition) is 3. The van der Waals surface area contributed by atoms with Crippen LogP contribution in [-0.4, -0.2) is 8.42 Å². The van der Waals surface area contributed by atoms with Crippen molar-refractivity contribution in [3.63, 3.8) is 0 Å². The molecule has 0 amide bonds. The summed E-state index contributed by atoms with van der Waals surface area (Å²) in [5.74, 6) is -0.863. The second-order valence-electron chi connectivity index (χ2n) is 3.93. The van der Waals surface area contributed by atoms with Gasteiger partial charge in [-0.25, -0.2) is 17.5 Å². The quantitative estimate of drug-likeness (QED) is 0.936. The van der Waals surface area contributed by atoms with E-state index in [-0.39, 0.29) is 5.02 Å². The maximum atomic E-state index is 13.6. The lowest BCUT2D eigenvalue weighted by Gasteiger charge is -2.13. The van der Waals surface area contributed by atoms with Gasteiger partial charge in [0.25, 0.3) is 0 Å². The van der Waals surface area contributed by atoms with E-state index in [2.05, 4.69) is 4.72 Å². The van der Waals surface area contributed by atoms with E-state index in [1.807, 2.05) is 17.5 Å². The van der Waals surface area contributed by atoms with Gasteiger partial charge in [-0.3, -0.25) is 0 Å². The van der Waals surface area contributed by atoms with Crippen LogP contribution in [0.5, 0.6) is 0 Å². The highest BCUT2D eigenvalue weighted by Gasteiger charge is 2.22. The second-order valence-corrected chi connectivity index (χ2v) is 7.03. The molecule has 2 aromatic rings. The van der Waals surface area contributed by atoms with E-state index >= 15 is 0 Å². The van der Waals surface area contributed by atoms with Crippen molar-refractivity contribution in [1.29, 1.82) is 0 Å². The predicted octanol–water partition coefficient (Wildman–Crippen LogP) is 3.58. The van der Waals surface area contributed by atoms with Gasteiger partial charge in [-0.2, -0.15) is 0 Å². The summed E-state index contributed by atoms with van der Waals surface area (Å²) in [6, 6.07) is 6.70. The van der Waals surface area contributed by atoms with E-state index in [1.165, 1.54) is 17.4 Å². The lowest BCUT2D eigenvalue weighted by atomic mass is 10.3. The lowest BCUT2D eigenvalue weighted by Crippen LogP contribution is -2.27. The number of halogens is 2. The van der Waals surface area contributed by atoms with Crippen molar-refractivity contribution in [3.8, 4) is 0 Å². The van der Waals surface area contributed by atoms with Gasteiger partial charge in [-0.15, -0.1) is 11.3 Å². The highest BCUT2D eigenvalue weighted by Crippen LogP contribution is 2.23. The summed E-state index contributed by atoms with van der Waals surface area (Å²) in [7, 11) is -3.91. The van der Waals surface area contributed by atoms with E-state index in [0.717, 1.165) is 17.0 Å². The fourth-order valence-electron chi connectivity index (χ4n) is 1.59. The molecule has 0 spiro atoms. The first-order valence-electron chi connectivity index (χ1n) is 5.41. The van der Waals surface area contributed by atoms with Gasteiger partial charge < -0.3 is 0 Å². The van der Waals surface area contributed by atoms with Crippen LogP contribution in [0.1, 0.15) is 17.8 Å². The smallest absolute Gasteiger partial charge is 0.207 e. The summed E-state index contributed by atoms with van der Waals surface area (Å²) >= 11 is 7.03. The molecule has 102 valence electrons. The Bertz CT molecular complexity index is 671. The number of thiophene rings is 1. The average molecular weight is 320 g/mol. The monoisotopic (exact) mass is 319 g/mol. The minimum absolute atomic E-state index is 0.155. The first kappa shape index (κ1) is 14.5. The molecule has 1 N–H and O–H groups in total. The summed E-state index contributed by atoms with van der Waals surface area (Å²) in [5, 5.41) is 2.01. The molecular weight excluding hydrogens is 309 g/mol. The molecule has 1 unspecified atom stereocenters. The largest absolute Gasteiger partial charge is 0.244 e. The molecular formula is C12H11ClFNO2S2. The number of sulfonamides is 1. The number of hydrogen-bond donors (Lipinski definition) is 1. The van der Waals surface area contributed by atoms with Crippen molar-refractivity contribution in [2.45, 2.75) is 17.9 Å². The molecule has 0 saturated heterocycles. The highest BCUT2D eigenvalue weighted by molar-refractivity contribution is 7.89. The summed E-state index contributed by atoms with van der Waals surface area (Å²) < 4.78 is 40.2. The Morgan fingerprint density at radius 3 is 2.68 bits per heavy atom. The van der Waals surface area contributed by atoms with E-state index in [0.29, 0.717) is 0 Å². The number of rotatable bonds is 4. The van der Waals surface area contributed by atoms with E-state index in [4.69, 9.17) is 11.6 Å². The number of nitrogens with one attached hydrogen (secondary N) is 1. The molecule has 0 aliphatic rings. The SMILES string of the molecule is CC(NS(=O)(=O)c1ccc(Cl)cc1F)c1cccs1. The fourth-order valence-corrected chi connectivity index (χ4v) is 3.84. The Morgan fingerprint density at radius 1 is 1.37 bits per heavy atom. The third-order valence-corrected chi connectivity index (χ3v) is 5.35. The minimum atomic E-state index is -3.91. The molecule has 1 aromatic carbocycles. The van der Waals surface area contributed by atoms with Crippen LogP contribution in [0.15, 0.2) is 40.6 Å². The molecule has 0 fully saturated rings. The Balaban J connectivity index is 2.28. The molecule has 0 saturated carbocycles. The van der Waals surface area contributed by atoms with Crippen LogP contribution in [0.4, 0.5) is 4.39 Å². The second kappa shape index (κ2) is 5.58. The van der Waals surface area contributed by atoms with Gasteiger partial charge in [0.1, 0.15) is 10.7 Å². The van der Waals surface area contributed by atoms with Gasteiger partial charge in [0.15, 0.2) is 0 Å². The van der Waals surface area contributed by atoms with Crippen LogP contribution in [0, 0.1) is 5.82 Å². The zero-order valence-electron chi connectivity index (χ0n) is 9.93. The molecule has 2 rings (SSSR count). The Hall–Kier alpha value is -0.950. The summed E-state index contributed by atoms with van der Waals surface area (Å²) in [4.78, 5) is 0.457. The standard InChI is InChI=1S/C12H11ClFNO2S2/c1-8(11-3-2-6-18-11)15-19(16,17)12-5-4-9(13)7-10(12)14/h2-8,15H,1H3. The summed E-state index contributed by atoms with van der Waals surface area (Å²) in [5.41, 5.74) is 0. The van der Waals surface area contributed by atoms with Crippen molar-refractivity contribution in [2.24, 2.45) is 0 Å². The molecule has 0 aliphatic heterocycles. The first-order chi connectivity index (χ1) is 8.90. The van der Waals surface area contributed by atoms with Gasteiger partial charge in [-0.05, 0) is 36.6 Å². The molecule has 19 heavy (non-hydrogen) atoms. The zero-order valence-corrected chi connectivity index (χ0v) is 12.3. The third kappa shape index (κ3) is 3.33. The molecule has 1 heterocycles. The topological polar surface area (TPSA) is 46.2 Å². The maximum Gasteiger partial charge on any atom is 0.244 e. The summed E-state index contributed by atoms with van der Waals surface area (Å²) in [6.45, 7) is 1.71. The van der Waals surface area contributed by atoms with E-state index in [1.54, 1.807) is 6.92 Å². The van der Waals surface area contributed by atoms with Gasteiger partial charge in [0.2, 0.25) is 10.0 Å². The molecule has 1 aromatic heterocycles. The van der Waals surface area contributed by atoms with Crippen LogP contribution < -0.4 is 4.72 Å². The fraction of sp³-hybridized carbons (Fsp3) is 0.167. The third-order valence-electron chi connectivity index (χ3n) is 2.49. The van der Waals surface area contributed by atoms with Gasteiger partial charge >= 0.3 is 0 Å². The van der Waals surface area contributed by atoms with Crippen molar-refractivity contribution in [3.05, 3.63) is 51.4 Å². The van der Waals surface area contributed by atoms with Crippen molar-refractivity contribution in [2.75, 3.05) is 0 Å². The van der Waals surface area contributed by atoms with Gasteiger partial charge in [0, 0.05) is 9.90 Å². The normalized spacial score (nSPS) is 13.4. The van der Waals surface area contributed by atoms with E-state index in [9.17, 15) is 12.8 Å². The van der Waals surface area contributed by atoms with Crippen LogP contribution in [-0.2, 0) is 10.0 Å². The van der Waals surface area contributed by atoms with Crippen LogP contribution in [0.3, 0.4) is 0 Å². The minimum Gasteiger partial charge on any atom is -0.207 e. The van der Waals surface area contributed by atoms with Gasteiger partial charge in [0.05, 0.1) is 6.04 Å². The summed E-state index contributed by atoms with van der Waals surface area (Å²) in [6.07, 6.45) is 0. The molecule has 7 heteroatoms. The molecule has 0 bridgehead atoms. The molecule has 0 aliphatic carbocycles. The van der Waals surface area contributed by atoms with Crippen LogP contribution >= 0.6 is 22.9 Å². The first-order valence-corrected chi connectivity index (χ1v) is 8.15. The molecule has 0 radical (unpaired) electrons. The van der Waals surface area contributed by atoms with Gasteiger partial charge in [-0.1, -0.05) is 17.7 Å². The lowest BCUT2D eigenvalue weighted by molar-refractivity contribution is 0.548. The highest BCUT2D eigenvalue weighted by atomic mass is 35.5. The van der Waals surface area contributed by atoms with Crippen LogP contribution in [0.2, 0.25) is 5.02 Å². The van der Waals surface area contributed by atoms with Crippen molar-refractivity contribution in [1.82, 2.24) is 4.72 Å². The molecule has 3 nitrogen and oxygen atoms in total. The Morgan fingerprint density at radius 2 is 2.11 bits per heavy atom. The molecule has 1 atom stereocenters. The zero-order chi connectivity index (χ0) is 14.0. The van der Waals surface area contributed by atoms with Crippen molar-refractivity contribution >= 4 is 33.0 Å². The Kier molecular flexibility index (Phi) is 4.25. The number of benzene rings is 1. The van der Waals surface area contributed by atoms with Crippen molar-refractivity contribution < 1.29 is 12.8 Å². The predicted molar refractivity (Wildman–Crippen MR) is 74.5 cm³/mol.